The molecule has 1 aromatic carbocycles. The van der Waals surface area contributed by atoms with Crippen molar-refractivity contribution in [1.82, 2.24) is 0 Å². The van der Waals surface area contributed by atoms with Crippen LogP contribution in [-0.2, 0) is 11.2 Å². The van der Waals surface area contributed by atoms with Crippen LogP contribution in [0.25, 0.3) is 0 Å². The second-order valence-electron chi connectivity index (χ2n) is 7.16. The van der Waals surface area contributed by atoms with E-state index in [1.54, 1.807) is 33.8 Å². The smallest absolute Gasteiger partial charge is 0.311 e. The third-order valence-electron chi connectivity index (χ3n) is 5.23. The third kappa shape index (κ3) is 2.60. The highest BCUT2D eigenvalue weighted by atomic mass is 19.2. The zero-order valence-electron chi connectivity index (χ0n) is 14.6. The number of aliphatic carboxylic acids is 1. The van der Waals surface area contributed by atoms with Crippen LogP contribution in [0.2, 0.25) is 0 Å². The molecule has 0 bridgehead atoms. The van der Waals surface area contributed by atoms with Gasteiger partial charge in [-0.1, -0.05) is 25.5 Å². The van der Waals surface area contributed by atoms with Gasteiger partial charge < -0.3 is 9.84 Å². The molecule has 2 unspecified atom stereocenters. The summed E-state index contributed by atoms with van der Waals surface area (Å²) in [5.74, 6) is -9.56. The van der Waals surface area contributed by atoms with Gasteiger partial charge in [-0.2, -0.15) is 8.78 Å². The van der Waals surface area contributed by atoms with Crippen molar-refractivity contribution in [2.75, 3.05) is 7.11 Å². The second kappa shape index (κ2) is 6.04. The Morgan fingerprint density at radius 3 is 1.96 bits per heavy atom. The molecule has 25 heavy (non-hydrogen) atoms. The van der Waals surface area contributed by atoms with Crippen molar-refractivity contribution in [3.05, 3.63) is 40.5 Å². The van der Waals surface area contributed by atoms with Crippen LogP contribution in [0.15, 0.2) is 11.6 Å². The molecule has 2 rings (SSSR count). The van der Waals surface area contributed by atoms with E-state index in [0.29, 0.717) is 0 Å². The van der Waals surface area contributed by atoms with Gasteiger partial charge in [-0.15, -0.1) is 0 Å². The summed E-state index contributed by atoms with van der Waals surface area (Å²) in [5.41, 5.74) is -2.47. The maximum Gasteiger partial charge on any atom is 0.311 e. The molecular formula is C18H20F4O3. The Balaban J connectivity index is 2.62. The number of ether oxygens (including phenoxy) is 1. The lowest BCUT2D eigenvalue weighted by atomic mass is 9.87. The Morgan fingerprint density at radius 2 is 1.60 bits per heavy atom. The Morgan fingerprint density at radius 1 is 1.12 bits per heavy atom. The Hall–Kier alpha value is -2.05. The summed E-state index contributed by atoms with van der Waals surface area (Å²) >= 11 is 0. The van der Waals surface area contributed by atoms with Crippen molar-refractivity contribution in [2.45, 2.75) is 34.1 Å². The average Bonchev–Trinajstić information content (AvgIpc) is 2.97. The first-order valence-electron chi connectivity index (χ1n) is 7.70. The topological polar surface area (TPSA) is 46.5 Å². The SMILES string of the molecule is COc1c(F)c(F)c(CC2(C(=O)O)C(C=C(C)C)C2(C)C)c(F)c1F. The minimum Gasteiger partial charge on any atom is -0.491 e. The van der Waals surface area contributed by atoms with Crippen LogP contribution in [-0.4, -0.2) is 18.2 Å². The first kappa shape index (κ1) is 19.3. The number of carbonyl (C=O) groups is 1. The van der Waals surface area contributed by atoms with Crippen molar-refractivity contribution < 1.29 is 32.2 Å². The van der Waals surface area contributed by atoms with E-state index < -0.39 is 63.7 Å². The van der Waals surface area contributed by atoms with Gasteiger partial charge in [-0.05, 0) is 25.7 Å². The van der Waals surface area contributed by atoms with Crippen LogP contribution >= 0.6 is 0 Å². The molecule has 0 radical (unpaired) electrons. The van der Waals surface area contributed by atoms with E-state index in [2.05, 4.69) is 4.74 Å². The highest BCUT2D eigenvalue weighted by Gasteiger charge is 2.74. The molecule has 0 amide bonds. The van der Waals surface area contributed by atoms with Gasteiger partial charge >= 0.3 is 5.97 Å². The predicted octanol–water partition coefficient (Wildman–Crippen LogP) is 4.49. The Labute approximate surface area is 143 Å². The van der Waals surface area contributed by atoms with Crippen molar-refractivity contribution in [1.29, 1.82) is 0 Å². The minimum absolute atomic E-state index is 0.519. The van der Waals surface area contributed by atoms with Gasteiger partial charge in [0.25, 0.3) is 0 Å². The molecule has 1 N–H and O–H groups in total. The number of carboxylic acids is 1. The van der Waals surface area contributed by atoms with Crippen molar-refractivity contribution >= 4 is 5.97 Å². The Kier molecular flexibility index (Phi) is 4.65. The monoisotopic (exact) mass is 360 g/mol. The highest BCUT2D eigenvalue weighted by molar-refractivity contribution is 5.82. The summed E-state index contributed by atoms with van der Waals surface area (Å²) in [6.07, 6.45) is 1.04. The molecule has 0 aromatic heterocycles. The van der Waals surface area contributed by atoms with Crippen molar-refractivity contribution in [2.24, 2.45) is 16.7 Å². The zero-order chi connectivity index (χ0) is 19.3. The summed E-state index contributed by atoms with van der Waals surface area (Å²) in [6, 6.07) is 0. The van der Waals surface area contributed by atoms with Gasteiger partial charge in [0.05, 0.1) is 12.5 Å². The summed E-state index contributed by atoms with van der Waals surface area (Å²) < 4.78 is 60.8. The second-order valence-corrected chi connectivity index (χ2v) is 7.16. The molecule has 1 fully saturated rings. The van der Waals surface area contributed by atoms with E-state index in [-0.39, 0.29) is 0 Å². The lowest BCUT2D eigenvalue weighted by Gasteiger charge is -2.18. The average molecular weight is 360 g/mol. The molecule has 0 saturated heterocycles. The maximum absolute atomic E-state index is 14.3. The van der Waals surface area contributed by atoms with Crippen LogP contribution < -0.4 is 4.74 Å². The molecule has 7 heteroatoms. The highest BCUT2D eigenvalue weighted by Crippen LogP contribution is 2.71. The number of hydrogen-bond acceptors (Lipinski definition) is 2. The standard InChI is InChI=1S/C18H20F4O3/c1-8(2)6-10-17(3,4)18(10,16(23)24)7-9-11(19)13(21)15(25-5)14(22)12(9)20/h6,10H,7H2,1-5H3,(H,23,24). The number of benzene rings is 1. The van der Waals surface area contributed by atoms with Gasteiger partial charge in [0.1, 0.15) is 0 Å². The van der Waals surface area contributed by atoms with E-state index in [1.807, 2.05) is 0 Å². The fourth-order valence-electron chi connectivity index (χ4n) is 3.67. The largest absolute Gasteiger partial charge is 0.491 e. The fourth-order valence-corrected chi connectivity index (χ4v) is 3.67. The molecule has 1 aliphatic rings. The molecule has 0 aliphatic heterocycles. The summed E-state index contributed by atoms with van der Waals surface area (Å²) in [7, 11) is 0.883. The van der Waals surface area contributed by atoms with E-state index in [9.17, 15) is 27.5 Å². The van der Waals surface area contributed by atoms with Gasteiger partial charge in [0.2, 0.25) is 11.6 Å². The molecule has 138 valence electrons. The minimum atomic E-state index is -1.67. The quantitative estimate of drug-likeness (QED) is 0.478. The normalized spacial score (nSPS) is 24.0. The van der Waals surface area contributed by atoms with Crippen LogP contribution in [0.3, 0.4) is 0 Å². The van der Waals surface area contributed by atoms with E-state index >= 15 is 0 Å². The molecule has 0 spiro atoms. The first-order chi connectivity index (χ1) is 11.4. The number of methoxy groups -OCH3 is 1. The predicted molar refractivity (Wildman–Crippen MR) is 83.3 cm³/mol. The van der Waals surface area contributed by atoms with E-state index in [0.717, 1.165) is 12.7 Å². The van der Waals surface area contributed by atoms with Gasteiger partial charge in [-0.25, -0.2) is 8.78 Å². The number of allylic oxidation sites excluding steroid dienone is 2. The number of hydrogen-bond donors (Lipinski definition) is 1. The zero-order valence-corrected chi connectivity index (χ0v) is 14.6. The van der Waals surface area contributed by atoms with Crippen LogP contribution in [0.1, 0.15) is 33.3 Å². The van der Waals surface area contributed by atoms with Crippen molar-refractivity contribution in [3.8, 4) is 5.75 Å². The van der Waals surface area contributed by atoms with Gasteiger partial charge in [0, 0.05) is 11.5 Å². The third-order valence-corrected chi connectivity index (χ3v) is 5.23. The van der Waals surface area contributed by atoms with Crippen molar-refractivity contribution in [3.63, 3.8) is 0 Å². The summed E-state index contributed by atoms with van der Waals surface area (Å²) in [5, 5.41) is 9.72. The van der Waals surface area contributed by atoms with Gasteiger partial charge in [-0.3, -0.25) is 4.79 Å². The lowest BCUT2D eigenvalue weighted by molar-refractivity contribution is -0.145. The molecule has 1 aromatic rings. The molecule has 0 heterocycles. The fraction of sp³-hybridized carbons (Fsp3) is 0.500. The summed E-state index contributed by atoms with van der Waals surface area (Å²) in [4.78, 5) is 11.9. The van der Waals surface area contributed by atoms with E-state index in [1.165, 1.54) is 0 Å². The number of rotatable bonds is 5. The molecule has 2 atom stereocenters. The number of carboxylic acid groups (broad SMARTS) is 1. The summed E-state index contributed by atoms with van der Waals surface area (Å²) in [6.45, 7) is 6.85. The molecule has 3 nitrogen and oxygen atoms in total. The van der Waals surface area contributed by atoms with Crippen LogP contribution in [0, 0.1) is 40.0 Å². The molecular weight excluding hydrogens is 340 g/mol. The van der Waals surface area contributed by atoms with Crippen LogP contribution in [0.4, 0.5) is 17.6 Å². The van der Waals surface area contributed by atoms with E-state index in [4.69, 9.17) is 0 Å². The molecule has 1 aliphatic carbocycles. The lowest BCUT2D eigenvalue weighted by Crippen LogP contribution is -2.26. The first-order valence-corrected chi connectivity index (χ1v) is 7.70. The Bertz CT molecular complexity index is 737. The number of halogens is 4. The maximum atomic E-state index is 14.3. The molecule has 1 saturated carbocycles. The van der Waals surface area contributed by atoms with Crippen LogP contribution in [0.5, 0.6) is 5.75 Å². The van der Waals surface area contributed by atoms with Gasteiger partial charge in [0.15, 0.2) is 17.4 Å².